The number of hydrogen-bond acceptors (Lipinski definition) is 4. The minimum Gasteiger partial charge on any atom is -0.456 e. The number of para-hydroxylation sites is 6. The molecule has 0 saturated carbocycles. The van der Waals surface area contributed by atoms with Gasteiger partial charge in [0.15, 0.2) is 5.84 Å². The Morgan fingerprint density at radius 1 is 0.325 bits per heavy atom. The average Bonchev–Trinajstić information content (AvgIpc) is 4.39. The zero-order valence-corrected chi connectivity index (χ0v) is 43.1. The number of furan rings is 1. The molecule has 0 aliphatic carbocycles. The minimum atomic E-state index is -0.518. The highest BCUT2D eigenvalue weighted by molar-refractivity contribution is 6.19. The molecule has 1 N–H and O–H groups in total. The lowest BCUT2D eigenvalue weighted by molar-refractivity contribution is 0.669. The second kappa shape index (κ2) is 17.4. The number of benzene rings is 12. The topological polar surface area (TPSA) is 64.7 Å². The second-order valence-electron chi connectivity index (χ2n) is 21.0. The molecule has 0 radical (unpaired) electrons. The highest BCUT2D eigenvalue weighted by Crippen LogP contribution is 2.41. The van der Waals surface area contributed by atoms with Crippen molar-refractivity contribution in [2.45, 2.75) is 6.17 Å². The molecule has 5 heterocycles. The van der Waals surface area contributed by atoms with Crippen LogP contribution in [0.1, 0.15) is 22.9 Å². The second-order valence-corrected chi connectivity index (χ2v) is 21.0. The van der Waals surface area contributed by atoms with Gasteiger partial charge in [-0.1, -0.05) is 164 Å². The van der Waals surface area contributed by atoms with E-state index in [1.54, 1.807) is 0 Å². The van der Waals surface area contributed by atoms with E-state index in [1.807, 2.05) is 12.1 Å². The summed E-state index contributed by atoms with van der Waals surface area (Å²) in [6, 6.07) is 95.9. The van der Waals surface area contributed by atoms with Crippen molar-refractivity contribution in [3.05, 3.63) is 284 Å². The van der Waals surface area contributed by atoms with E-state index in [9.17, 15) is 0 Å². The third-order valence-corrected chi connectivity index (χ3v) is 16.5. The molecular formula is C73H46N6O. The van der Waals surface area contributed by atoms with Crippen LogP contribution in [0.15, 0.2) is 281 Å². The van der Waals surface area contributed by atoms with Crippen molar-refractivity contribution < 1.29 is 4.42 Å². The summed E-state index contributed by atoms with van der Waals surface area (Å²) in [5.74, 6) is 1.35. The van der Waals surface area contributed by atoms with Crippen LogP contribution in [-0.4, -0.2) is 25.4 Å². The first-order valence-corrected chi connectivity index (χ1v) is 27.2. The molecule has 7 heteroatoms. The predicted octanol–water partition coefficient (Wildman–Crippen LogP) is 18.2. The maximum atomic E-state index is 6.63. The highest BCUT2D eigenvalue weighted by Gasteiger charge is 2.27. The van der Waals surface area contributed by atoms with Crippen LogP contribution in [-0.2, 0) is 0 Å². The fourth-order valence-electron chi connectivity index (χ4n) is 12.8. The van der Waals surface area contributed by atoms with E-state index in [4.69, 9.17) is 14.4 Å². The first-order valence-electron chi connectivity index (χ1n) is 27.2. The fraction of sp³-hybridized carbons (Fsp3) is 0.0137. The Morgan fingerprint density at radius 3 is 1.54 bits per heavy atom. The van der Waals surface area contributed by atoms with Gasteiger partial charge in [0.25, 0.3) is 0 Å². The minimum absolute atomic E-state index is 0.518. The van der Waals surface area contributed by atoms with Crippen LogP contribution in [0.3, 0.4) is 0 Å². The summed E-state index contributed by atoms with van der Waals surface area (Å²) in [4.78, 5) is 11.4. The Labute approximate surface area is 458 Å². The molecule has 374 valence electrons. The SMILES string of the molecule is c1ccc(-n2c3ccccc3c3ccc(C4=NC(c5ccc(-n6c7ccccc7c7cc8ccccc8cc76)cc5-c5ccc6c(c5)oc5ccccc56)=NC(c5ccc6c7ccccc7n(-c7ccccc7)c6c5)N4)cc32)cc1. The lowest BCUT2D eigenvalue weighted by Crippen LogP contribution is -2.33. The summed E-state index contributed by atoms with van der Waals surface area (Å²) < 4.78 is 13.8. The molecule has 0 fully saturated rings. The van der Waals surface area contributed by atoms with Crippen LogP contribution in [0, 0.1) is 0 Å². The van der Waals surface area contributed by atoms with Crippen LogP contribution in [0.4, 0.5) is 0 Å². The van der Waals surface area contributed by atoms with Crippen molar-refractivity contribution in [3.63, 3.8) is 0 Å². The van der Waals surface area contributed by atoms with E-state index in [-0.39, 0.29) is 0 Å². The van der Waals surface area contributed by atoms with Gasteiger partial charge in [-0.25, -0.2) is 9.98 Å². The summed E-state index contributed by atoms with van der Waals surface area (Å²) in [5.41, 5.74) is 16.5. The van der Waals surface area contributed by atoms with Crippen molar-refractivity contribution in [2.75, 3.05) is 0 Å². The molecule has 1 aliphatic rings. The standard InChI is InChI=1S/C73H46N6O/c1-3-19-50(20-4-1)77-63-27-13-9-23-53(63)56-35-32-48(41-66(56)77)71-74-72(49-33-36-57-54-24-10-14-28-64(54)78(67(57)42-49)51-21-5-2-6-22-51)76-73(75-71)60-38-34-52(44-61(60)47-31-37-59-58-26-12-16-30-69(58)80-70(59)43-47)79-65-29-15-11-25-55(65)62-39-45-17-7-8-18-46(45)40-68(62)79/h1-44,71H,(H,74,75,76). The number of fused-ring (bicyclic) bond motifs is 13. The molecule has 4 aromatic heterocycles. The maximum absolute atomic E-state index is 6.63. The van der Waals surface area contributed by atoms with Gasteiger partial charge in [0.2, 0.25) is 0 Å². The van der Waals surface area contributed by atoms with Crippen LogP contribution in [0.25, 0.3) is 126 Å². The molecule has 0 bridgehead atoms. The zero-order valence-electron chi connectivity index (χ0n) is 43.1. The Hall–Kier alpha value is -10.8. The van der Waals surface area contributed by atoms with E-state index in [0.717, 1.165) is 106 Å². The molecule has 0 amide bonds. The quantitative estimate of drug-likeness (QED) is 0.173. The van der Waals surface area contributed by atoms with Crippen LogP contribution in [0.2, 0.25) is 0 Å². The summed E-state index contributed by atoms with van der Waals surface area (Å²) >= 11 is 0. The molecule has 17 rings (SSSR count). The van der Waals surface area contributed by atoms with Crippen molar-refractivity contribution in [2.24, 2.45) is 9.98 Å². The molecule has 16 aromatic rings. The van der Waals surface area contributed by atoms with E-state index < -0.39 is 6.17 Å². The number of rotatable bonds is 7. The van der Waals surface area contributed by atoms with Gasteiger partial charge in [-0.2, -0.15) is 0 Å². The predicted molar refractivity (Wildman–Crippen MR) is 332 cm³/mol. The molecule has 1 aliphatic heterocycles. The summed E-state index contributed by atoms with van der Waals surface area (Å²) in [5, 5.41) is 15.6. The largest absolute Gasteiger partial charge is 0.456 e. The van der Waals surface area contributed by atoms with Gasteiger partial charge in [0, 0.05) is 71.3 Å². The molecule has 1 atom stereocenters. The third kappa shape index (κ3) is 6.80. The van der Waals surface area contributed by atoms with Crippen LogP contribution >= 0.6 is 0 Å². The molecule has 0 spiro atoms. The number of hydrogen-bond donors (Lipinski definition) is 1. The van der Waals surface area contributed by atoms with Gasteiger partial charge >= 0.3 is 0 Å². The average molecular weight is 1020 g/mol. The van der Waals surface area contributed by atoms with E-state index in [2.05, 4.69) is 274 Å². The van der Waals surface area contributed by atoms with Crippen molar-refractivity contribution >= 4 is 110 Å². The molecule has 1 unspecified atom stereocenters. The Kier molecular flexibility index (Phi) is 9.64. The number of nitrogens with one attached hydrogen (secondary N) is 1. The molecule has 0 saturated heterocycles. The monoisotopic (exact) mass is 1020 g/mol. The number of aromatic nitrogens is 3. The van der Waals surface area contributed by atoms with Crippen molar-refractivity contribution in [3.8, 4) is 28.2 Å². The molecule has 12 aromatic carbocycles. The fourth-order valence-corrected chi connectivity index (χ4v) is 12.8. The molecule has 7 nitrogen and oxygen atoms in total. The summed E-state index contributed by atoms with van der Waals surface area (Å²) in [6.45, 7) is 0. The smallest absolute Gasteiger partial charge is 0.160 e. The van der Waals surface area contributed by atoms with Gasteiger partial charge < -0.3 is 23.4 Å². The molecule has 80 heavy (non-hydrogen) atoms. The lowest BCUT2D eigenvalue weighted by atomic mass is 9.96. The van der Waals surface area contributed by atoms with Crippen molar-refractivity contribution in [1.29, 1.82) is 0 Å². The number of nitrogens with zero attached hydrogens (tertiary/aromatic N) is 5. The van der Waals surface area contributed by atoms with Gasteiger partial charge in [-0.3, -0.25) is 0 Å². The number of aliphatic imine (C=N–C) groups is 2. The Balaban J connectivity index is 0.916. The third-order valence-electron chi connectivity index (χ3n) is 16.5. The number of amidine groups is 2. The van der Waals surface area contributed by atoms with E-state index in [0.29, 0.717) is 5.84 Å². The van der Waals surface area contributed by atoms with Gasteiger partial charge in [-0.05, 0) is 131 Å². The van der Waals surface area contributed by atoms with E-state index in [1.165, 1.54) is 43.1 Å². The normalized spacial score (nSPS) is 13.9. The van der Waals surface area contributed by atoms with E-state index >= 15 is 0 Å². The van der Waals surface area contributed by atoms with Crippen LogP contribution in [0.5, 0.6) is 0 Å². The highest BCUT2D eigenvalue weighted by atomic mass is 16.3. The Morgan fingerprint density at radius 2 is 0.838 bits per heavy atom. The van der Waals surface area contributed by atoms with Crippen molar-refractivity contribution in [1.82, 2.24) is 19.0 Å². The zero-order chi connectivity index (χ0) is 52.4. The van der Waals surface area contributed by atoms with Crippen LogP contribution < -0.4 is 5.32 Å². The lowest BCUT2D eigenvalue weighted by Gasteiger charge is -2.25. The summed E-state index contributed by atoms with van der Waals surface area (Å²) in [7, 11) is 0. The van der Waals surface area contributed by atoms with Gasteiger partial charge in [-0.15, -0.1) is 0 Å². The van der Waals surface area contributed by atoms with Gasteiger partial charge in [0.1, 0.15) is 23.2 Å². The summed E-state index contributed by atoms with van der Waals surface area (Å²) in [6.07, 6.45) is -0.518. The van der Waals surface area contributed by atoms with Gasteiger partial charge in [0.05, 0.1) is 33.1 Å². The first kappa shape index (κ1) is 44.4. The Bertz CT molecular complexity index is 5290. The molecular weight excluding hydrogens is 977 g/mol. The first-order chi connectivity index (χ1) is 39.6. The maximum Gasteiger partial charge on any atom is 0.160 e.